The van der Waals surface area contributed by atoms with Crippen molar-refractivity contribution in [3.63, 3.8) is 0 Å². The SMILES string of the molecule is Nc1ccc(-c2nnc(CC(=O)c3ccc(OC(F)(F)F)c(NC(=O)CN4CCOCC4)c3)s2)cc1. The maximum atomic E-state index is 12.9. The van der Waals surface area contributed by atoms with Crippen LogP contribution < -0.4 is 15.8 Å². The Morgan fingerprint density at radius 1 is 1.11 bits per heavy atom. The van der Waals surface area contributed by atoms with Gasteiger partial charge in [-0.15, -0.1) is 23.4 Å². The molecule has 1 fully saturated rings. The van der Waals surface area contributed by atoms with Crippen LogP contribution in [0.3, 0.4) is 0 Å². The average Bonchev–Trinajstić information content (AvgIpc) is 3.28. The first-order chi connectivity index (χ1) is 17.2. The molecule has 0 bridgehead atoms. The molecule has 0 spiro atoms. The summed E-state index contributed by atoms with van der Waals surface area (Å²) in [6.07, 6.45) is -5.09. The van der Waals surface area contributed by atoms with Gasteiger partial charge in [0.15, 0.2) is 11.5 Å². The molecule has 190 valence electrons. The van der Waals surface area contributed by atoms with E-state index in [4.69, 9.17) is 10.5 Å². The number of hydrogen-bond donors (Lipinski definition) is 2. The largest absolute Gasteiger partial charge is 0.573 e. The zero-order valence-corrected chi connectivity index (χ0v) is 19.7. The summed E-state index contributed by atoms with van der Waals surface area (Å²) in [6.45, 7) is 1.94. The van der Waals surface area contributed by atoms with Crippen LogP contribution >= 0.6 is 11.3 Å². The van der Waals surface area contributed by atoms with Crippen LogP contribution in [-0.2, 0) is 16.0 Å². The number of Topliss-reactive ketones (excluding diaryl/α,β-unsaturated/α-hetero) is 1. The second-order valence-corrected chi connectivity index (χ2v) is 8.98. The van der Waals surface area contributed by atoms with Crippen molar-refractivity contribution in [2.75, 3.05) is 43.9 Å². The number of nitrogens with one attached hydrogen (secondary N) is 1. The summed E-state index contributed by atoms with van der Waals surface area (Å²) in [7, 11) is 0. The van der Waals surface area contributed by atoms with Gasteiger partial charge in [0.2, 0.25) is 5.91 Å². The Kier molecular flexibility index (Phi) is 7.82. The van der Waals surface area contributed by atoms with Gasteiger partial charge in [-0.1, -0.05) is 11.3 Å². The van der Waals surface area contributed by atoms with Crippen LogP contribution in [0.25, 0.3) is 10.6 Å². The Bertz CT molecular complexity index is 1230. The van der Waals surface area contributed by atoms with Crippen LogP contribution in [0.4, 0.5) is 24.5 Å². The average molecular weight is 522 g/mol. The number of halogens is 3. The summed E-state index contributed by atoms with van der Waals surface area (Å²) in [5.41, 5.74) is 6.92. The Balaban J connectivity index is 1.49. The molecule has 3 N–H and O–H groups in total. The summed E-state index contributed by atoms with van der Waals surface area (Å²) < 4.78 is 48.0. The minimum Gasteiger partial charge on any atom is -0.404 e. The van der Waals surface area contributed by atoms with E-state index in [1.807, 2.05) is 4.90 Å². The number of benzene rings is 2. The number of nitrogens with two attached hydrogens (primary N) is 1. The first kappa shape index (κ1) is 25.5. The molecule has 1 aliphatic rings. The first-order valence-corrected chi connectivity index (χ1v) is 11.7. The number of anilines is 2. The van der Waals surface area contributed by atoms with Gasteiger partial charge in [0.05, 0.1) is 31.9 Å². The molecule has 9 nitrogen and oxygen atoms in total. The van der Waals surface area contributed by atoms with E-state index in [-0.39, 0.29) is 24.2 Å². The molecule has 0 atom stereocenters. The summed E-state index contributed by atoms with van der Waals surface area (Å²) >= 11 is 1.22. The van der Waals surface area contributed by atoms with Gasteiger partial charge in [0.25, 0.3) is 0 Å². The van der Waals surface area contributed by atoms with E-state index in [1.165, 1.54) is 23.5 Å². The van der Waals surface area contributed by atoms with Crippen LogP contribution in [0.1, 0.15) is 15.4 Å². The number of ketones is 1. The molecule has 3 aromatic rings. The molecule has 1 amide bonds. The number of amides is 1. The van der Waals surface area contributed by atoms with E-state index < -0.39 is 23.8 Å². The van der Waals surface area contributed by atoms with E-state index in [0.717, 1.165) is 11.6 Å². The summed E-state index contributed by atoms with van der Waals surface area (Å²) in [5.74, 6) is -1.56. The molecule has 2 aromatic carbocycles. The first-order valence-electron chi connectivity index (χ1n) is 10.9. The highest BCUT2D eigenvalue weighted by Crippen LogP contribution is 2.32. The Morgan fingerprint density at radius 2 is 1.83 bits per heavy atom. The van der Waals surface area contributed by atoms with Gasteiger partial charge in [0, 0.05) is 29.9 Å². The normalized spacial score (nSPS) is 14.4. The number of ether oxygens (including phenoxy) is 2. The van der Waals surface area contributed by atoms with E-state index in [9.17, 15) is 22.8 Å². The molecule has 36 heavy (non-hydrogen) atoms. The highest BCUT2D eigenvalue weighted by molar-refractivity contribution is 7.14. The highest BCUT2D eigenvalue weighted by Gasteiger charge is 2.32. The fourth-order valence-electron chi connectivity index (χ4n) is 3.47. The number of carbonyl (C=O) groups is 2. The van der Waals surface area contributed by atoms with Crippen LogP contribution in [-0.4, -0.2) is 66.0 Å². The maximum absolute atomic E-state index is 12.9. The number of nitrogens with zero attached hydrogens (tertiary/aromatic N) is 3. The summed E-state index contributed by atoms with van der Waals surface area (Å²) in [6, 6.07) is 10.4. The Hall–Kier alpha value is -3.55. The van der Waals surface area contributed by atoms with Crippen LogP contribution in [0.5, 0.6) is 5.75 Å². The number of nitrogen functional groups attached to an aromatic ring is 1. The molecular weight excluding hydrogens is 499 g/mol. The van der Waals surface area contributed by atoms with Crippen molar-refractivity contribution < 1.29 is 32.2 Å². The van der Waals surface area contributed by atoms with Crippen molar-refractivity contribution in [1.29, 1.82) is 0 Å². The van der Waals surface area contributed by atoms with Gasteiger partial charge in [-0.05, 0) is 42.5 Å². The summed E-state index contributed by atoms with van der Waals surface area (Å²) in [4.78, 5) is 27.2. The van der Waals surface area contributed by atoms with E-state index in [0.29, 0.717) is 42.0 Å². The fourth-order valence-corrected chi connectivity index (χ4v) is 4.32. The lowest BCUT2D eigenvalue weighted by Crippen LogP contribution is -2.41. The van der Waals surface area contributed by atoms with Gasteiger partial charge >= 0.3 is 6.36 Å². The van der Waals surface area contributed by atoms with E-state index in [2.05, 4.69) is 20.3 Å². The molecule has 0 radical (unpaired) electrons. The Labute approximate surface area is 208 Å². The van der Waals surface area contributed by atoms with Crippen molar-refractivity contribution in [2.24, 2.45) is 0 Å². The van der Waals surface area contributed by atoms with Gasteiger partial charge in [0.1, 0.15) is 10.0 Å². The second-order valence-electron chi connectivity index (χ2n) is 7.92. The third-order valence-corrected chi connectivity index (χ3v) is 6.18. The third-order valence-electron chi connectivity index (χ3n) is 5.21. The predicted molar refractivity (Wildman–Crippen MR) is 127 cm³/mol. The number of morpholine rings is 1. The number of hydrogen-bond acceptors (Lipinski definition) is 9. The lowest BCUT2D eigenvalue weighted by atomic mass is 10.1. The van der Waals surface area contributed by atoms with Gasteiger partial charge in [-0.2, -0.15) is 0 Å². The molecule has 1 saturated heterocycles. The molecule has 0 aliphatic carbocycles. The van der Waals surface area contributed by atoms with Gasteiger partial charge in [-0.25, -0.2) is 0 Å². The standard InChI is InChI=1S/C23H22F3N5O4S/c24-23(25,26)35-19-6-3-15(11-17(19)28-20(33)13-31-7-9-34-10-8-31)18(32)12-21-29-30-22(36-21)14-1-4-16(27)5-2-14/h1-6,11H,7-10,12-13,27H2,(H,28,33). The van der Waals surface area contributed by atoms with Gasteiger partial charge < -0.3 is 20.5 Å². The van der Waals surface area contributed by atoms with E-state index in [1.54, 1.807) is 24.3 Å². The molecule has 0 saturated carbocycles. The highest BCUT2D eigenvalue weighted by atomic mass is 32.1. The van der Waals surface area contributed by atoms with Crippen molar-refractivity contribution in [2.45, 2.75) is 12.8 Å². The quantitative estimate of drug-likeness (QED) is 0.342. The van der Waals surface area contributed by atoms with Crippen molar-refractivity contribution in [1.82, 2.24) is 15.1 Å². The molecule has 2 heterocycles. The van der Waals surface area contributed by atoms with Crippen molar-refractivity contribution in [3.8, 4) is 16.3 Å². The molecule has 1 aliphatic heterocycles. The third kappa shape index (κ3) is 6.99. The molecule has 1 aromatic heterocycles. The monoisotopic (exact) mass is 521 g/mol. The zero-order valence-electron chi connectivity index (χ0n) is 18.9. The van der Waals surface area contributed by atoms with Crippen molar-refractivity contribution in [3.05, 3.63) is 53.0 Å². The lowest BCUT2D eigenvalue weighted by Gasteiger charge is -2.26. The van der Waals surface area contributed by atoms with E-state index >= 15 is 0 Å². The number of alkyl halides is 3. The topological polar surface area (TPSA) is 120 Å². The molecular formula is C23H22F3N5O4S. The summed E-state index contributed by atoms with van der Waals surface area (Å²) in [5, 5.41) is 11.6. The van der Waals surface area contributed by atoms with Crippen molar-refractivity contribution >= 4 is 34.4 Å². The number of carbonyl (C=O) groups excluding carboxylic acids is 2. The number of rotatable bonds is 8. The van der Waals surface area contributed by atoms with Gasteiger partial charge in [-0.3, -0.25) is 14.5 Å². The predicted octanol–water partition coefficient (Wildman–Crippen LogP) is 3.38. The fraction of sp³-hybridized carbons (Fsp3) is 0.304. The second kappa shape index (κ2) is 11.0. The minimum absolute atomic E-state index is 0.0360. The van der Waals surface area contributed by atoms with Crippen LogP contribution in [0.2, 0.25) is 0 Å². The molecule has 13 heteroatoms. The molecule has 4 rings (SSSR count). The lowest BCUT2D eigenvalue weighted by molar-refractivity contribution is -0.274. The smallest absolute Gasteiger partial charge is 0.404 e. The maximum Gasteiger partial charge on any atom is 0.573 e. The van der Waals surface area contributed by atoms with Crippen LogP contribution in [0, 0.1) is 0 Å². The number of aromatic nitrogens is 2. The van der Waals surface area contributed by atoms with Crippen LogP contribution in [0.15, 0.2) is 42.5 Å². The minimum atomic E-state index is -4.97. The molecule has 0 unspecified atom stereocenters. The Morgan fingerprint density at radius 3 is 2.53 bits per heavy atom. The zero-order chi connectivity index (χ0) is 25.7.